The molecule has 0 aliphatic heterocycles. The molecule has 0 aromatic carbocycles. The van der Waals surface area contributed by atoms with Crippen molar-refractivity contribution in [3.05, 3.63) is 50.6 Å². The molecule has 0 saturated carbocycles. The molecule has 1 aromatic rings. The normalized spacial score (nSPS) is 10.7. The van der Waals surface area contributed by atoms with Crippen molar-refractivity contribution in [3.63, 3.8) is 0 Å². The van der Waals surface area contributed by atoms with E-state index < -0.39 is 47.2 Å². The zero-order chi connectivity index (χ0) is 17.2. The third-order valence-corrected chi connectivity index (χ3v) is 1.97. The van der Waals surface area contributed by atoms with Gasteiger partial charge in [0.2, 0.25) is 14.8 Å². The van der Waals surface area contributed by atoms with Gasteiger partial charge in [-0.15, -0.1) is 0 Å². The predicted molar refractivity (Wildman–Crippen MR) is 56.3 cm³/mol. The second-order valence-corrected chi connectivity index (χ2v) is 3.14. The average molecular weight is 323 g/mol. The van der Waals surface area contributed by atoms with Crippen molar-refractivity contribution in [2.75, 3.05) is 5.43 Å². The van der Waals surface area contributed by atoms with E-state index in [1.165, 1.54) is 0 Å². The summed E-state index contributed by atoms with van der Waals surface area (Å²) >= 11 is 0. The third kappa shape index (κ3) is 2.23. The highest BCUT2D eigenvalue weighted by molar-refractivity contribution is 5.26. The first kappa shape index (κ1) is 16.0. The van der Waals surface area contributed by atoms with Gasteiger partial charge in [0.25, 0.3) is 0 Å². The van der Waals surface area contributed by atoms with Gasteiger partial charge >= 0.3 is 17.8 Å². The SMILES string of the molecule is O=[N+]([O-])Nc1nc([N+](=O)[O-])nn1C([N+](=O)[O-])([N+](=O)[O-])[N+](=O)[O-]. The van der Waals surface area contributed by atoms with Gasteiger partial charge in [-0.1, -0.05) is 5.43 Å². The maximum Gasteiger partial charge on any atom is 0.836 e. The molecule has 0 atom stereocenters. The van der Waals surface area contributed by atoms with Crippen LogP contribution < -0.4 is 5.43 Å². The smallest absolute Gasteiger partial charge is 0.390 e. The lowest BCUT2D eigenvalue weighted by Gasteiger charge is -2.05. The molecule has 0 aliphatic carbocycles. The van der Waals surface area contributed by atoms with Gasteiger partial charge in [0.1, 0.15) is 0 Å². The van der Waals surface area contributed by atoms with Gasteiger partial charge in [-0.25, -0.2) is 10.1 Å². The van der Waals surface area contributed by atoms with Gasteiger partial charge in [-0.3, -0.25) is 30.3 Å². The average Bonchev–Trinajstić information content (AvgIpc) is 2.72. The fourth-order valence-electron chi connectivity index (χ4n) is 1.17. The lowest BCUT2D eigenvalue weighted by Crippen LogP contribution is -2.56. The van der Waals surface area contributed by atoms with Gasteiger partial charge < -0.3 is 10.1 Å². The minimum atomic E-state index is -4.49. The highest BCUT2D eigenvalue weighted by Gasteiger charge is 2.79. The Labute approximate surface area is 114 Å². The summed E-state index contributed by atoms with van der Waals surface area (Å²) in [7, 11) is 0. The molecule has 0 fully saturated rings. The topological polar surface area (TPSA) is 258 Å². The molecule has 0 aliphatic rings. The van der Waals surface area contributed by atoms with Gasteiger partial charge in [-0.2, -0.15) is 0 Å². The number of anilines is 1. The Morgan fingerprint density at radius 3 is 1.68 bits per heavy atom. The van der Waals surface area contributed by atoms with Crippen LogP contribution in [0.25, 0.3) is 0 Å². The van der Waals surface area contributed by atoms with Crippen molar-refractivity contribution in [1.82, 2.24) is 14.8 Å². The molecule has 0 amide bonds. The summed E-state index contributed by atoms with van der Waals surface area (Å²) in [4.78, 5) is 48.2. The second kappa shape index (κ2) is 5.14. The van der Waals surface area contributed by atoms with Crippen LogP contribution in [-0.2, 0) is 5.91 Å². The Morgan fingerprint density at radius 1 is 0.909 bits per heavy atom. The Kier molecular flexibility index (Phi) is 3.74. The number of hydrazine groups is 1. The molecule has 118 valence electrons. The van der Waals surface area contributed by atoms with E-state index in [1.54, 1.807) is 0 Å². The minimum absolute atomic E-state index is 0.784. The summed E-state index contributed by atoms with van der Waals surface area (Å²) in [6, 6.07) is 0. The second-order valence-electron chi connectivity index (χ2n) is 3.14. The summed E-state index contributed by atoms with van der Waals surface area (Å²) < 4.78 is -0.784. The van der Waals surface area contributed by atoms with Crippen molar-refractivity contribution in [2.45, 2.75) is 5.91 Å². The monoisotopic (exact) mass is 323 g/mol. The van der Waals surface area contributed by atoms with Crippen LogP contribution in [0.3, 0.4) is 0 Å². The van der Waals surface area contributed by atoms with E-state index in [1.807, 2.05) is 0 Å². The number of hydrogen-bond acceptors (Lipinski definition) is 12. The third-order valence-electron chi connectivity index (χ3n) is 1.97. The Hall–Kier alpha value is -4.06. The van der Waals surface area contributed by atoms with Gasteiger partial charge in [0.15, 0.2) is 5.03 Å². The molecule has 19 heteroatoms. The minimum Gasteiger partial charge on any atom is -0.390 e. The van der Waals surface area contributed by atoms with Crippen molar-refractivity contribution in [2.24, 2.45) is 0 Å². The van der Waals surface area contributed by atoms with Crippen molar-refractivity contribution < 1.29 is 24.7 Å². The molecule has 0 bridgehead atoms. The van der Waals surface area contributed by atoms with Crippen molar-refractivity contribution in [1.29, 1.82) is 0 Å². The lowest BCUT2D eigenvalue weighted by atomic mass is 10.6. The maximum atomic E-state index is 10.8. The van der Waals surface area contributed by atoms with E-state index in [0.29, 0.717) is 0 Å². The molecular weight excluding hydrogens is 322 g/mol. The Bertz CT molecular complexity index is 654. The zero-order valence-corrected chi connectivity index (χ0v) is 9.66. The van der Waals surface area contributed by atoms with Crippen LogP contribution >= 0.6 is 0 Å². The maximum absolute atomic E-state index is 10.8. The summed E-state index contributed by atoms with van der Waals surface area (Å²) in [5, 5.41) is 54.2. The lowest BCUT2D eigenvalue weighted by molar-refractivity contribution is -1.01. The highest BCUT2D eigenvalue weighted by atomic mass is 16.7. The van der Waals surface area contributed by atoms with E-state index >= 15 is 0 Å². The summed E-state index contributed by atoms with van der Waals surface area (Å²) in [5.74, 6) is -7.61. The van der Waals surface area contributed by atoms with Crippen LogP contribution in [0.5, 0.6) is 0 Å². The molecule has 1 rings (SSSR count). The van der Waals surface area contributed by atoms with Crippen molar-refractivity contribution >= 4 is 11.9 Å². The number of rotatable bonds is 7. The molecule has 22 heavy (non-hydrogen) atoms. The summed E-state index contributed by atoms with van der Waals surface area (Å²) in [6.45, 7) is 0. The molecular formula is C3HN9O10. The van der Waals surface area contributed by atoms with Crippen LogP contribution in [0.4, 0.5) is 11.9 Å². The molecule has 1 aromatic heterocycles. The van der Waals surface area contributed by atoms with Crippen LogP contribution in [0.15, 0.2) is 0 Å². The number of nitrogens with one attached hydrogen (secondary N) is 1. The Balaban J connectivity index is 3.77. The first-order valence-electron chi connectivity index (χ1n) is 4.51. The van der Waals surface area contributed by atoms with Crippen molar-refractivity contribution in [3.8, 4) is 0 Å². The van der Waals surface area contributed by atoms with Crippen LogP contribution in [0, 0.1) is 50.6 Å². The van der Waals surface area contributed by atoms with Gasteiger partial charge in [0, 0.05) is 0 Å². The number of nitrogens with zero attached hydrogens (tertiary/aromatic N) is 8. The van der Waals surface area contributed by atoms with Crippen LogP contribution in [0.1, 0.15) is 0 Å². The molecule has 1 N–H and O–H groups in total. The fourth-order valence-corrected chi connectivity index (χ4v) is 1.17. The number of aromatic nitrogens is 3. The van der Waals surface area contributed by atoms with E-state index in [9.17, 15) is 50.6 Å². The molecule has 1 heterocycles. The van der Waals surface area contributed by atoms with E-state index in [4.69, 9.17) is 0 Å². The largest absolute Gasteiger partial charge is 0.836 e. The predicted octanol–water partition coefficient (Wildman–Crippen LogP) is -1.81. The quantitative estimate of drug-likeness (QED) is 0.329. The first-order valence-corrected chi connectivity index (χ1v) is 4.51. The highest BCUT2D eigenvalue weighted by Crippen LogP contribution is 2.24. The molecule has 0 radical (unpaired) electrons. The van der Waals surface area contributed by atoms with E-state index in [-0.39, 0.29) is 0 Å². The van der Waals surface area contributed by atoms with Gasteiger partial charge in [0.05, 0.1) is 9.78 Å². The van der Waals surface area contributed by atoms with E-state index in [0.717, 1.165) is 5.43 Å². The Morgan fingerprint density at radius 2 is 1.36 bits per heavy atom. The van der Waals surface area contributed by atoms with Crippen LogP contribution in [0.2, 0.25) is 0 Å². The van der Waals surface area contributed by atoms with E-state index in [2.05, 4.69) is 10.1 Å². The summed E-state index contributed by atoms with van der Waals surface area (Å²) in [6.07, 6.45) is 0. The first-order chi connectivity index (χ1) is 10.0. The van der Waals surface area contributed by atoms with Gasteiger partial charge in [-0.05, 0) is 9.91 Å². The number of nitro groups is 5. The fraction of sp³-hybridized carbons (Fsp3) is 0.333. The molecule has 0 saturated heterocycles. The summed E-state index contributed by atoms with van der Waals surface area (Å²) in [5.41, 5.74) is 1.01. The standard InChI is InChI=1S/C3HN9O10/c13-8(14)2-4-1(6-12(21)22)7(5-2)3(9(15)16,10(17)18)11(19)20/h(H,4,5,6). The molecule has 19 nitrogen and oxygen atoms in total. The zero-order valence-electron chi connectivity index (χ0n) is 9.66. The molecule has 0 unspecified atom stereocenters. The molecule has 0 spiro atoms. The number of hydrogen-bond donors (Lipinski definition) is 1. The van der Waals surface area contributed by atoms with Crippen LogP contribution in [-0.4, -0.2) is 39.5 Å².